The van der Waals surface area contributed by atoms with E-state index in [0.29, 0.717) is 11.3 Å². The summed E-state index contributed by atoms with van der Waals surface area (Å²) in [7, 11) is 0. The molecule has 0 radical (unpaired) electrons. The van der Waals surface area contributed by atoms with Gasteiger partial charge in [-0.05, 0) is 48.5 Å². The van der Waals surface area contributed by atoms with Gasteiger partial charge in [0.2, 0.25) is 0 Å². The number of ether oxygens (including phenoxy) is 1. The van der Waals surface area contributed by atoms with Crippen LogP contribution in [-0.2, 0) is 6.18 Å². The summed E-state index contributed by atoms with van der Waals surface area (Å²) in [5.41, 5.74) is 5.17. The van der Waals surface area contributed by atoms with Crippen LogP contribution in [0.2, 0.25) is 0 Å². The molecule has 0 aliphatic rings. The number of nitrogens with zero attached hydrogens (tertiary/aromatic N) is 1. The molecule has 2 aromatic rings. The molecule has 2 rings (SSSR count). The van der Waals surface area contributed by atoms with Crippen molar-refractivity contribution in [2.24, 2.45) is 10.9 Å². The van der Waals surface area contributed by atoms with Crippen LogP contribution >= 0.6 is 0 Å². The third kappa shape index (κ3) is 3.65. The van der Waals surface area contributed by atoms with Crippen molar-refractivity contribution in [2.45, 2.75) is 6.18 Å². The summed E-state index contributed by atoms with van der Waals surface area (Å²) in [6.07, 6.45) is -4.37. The molecule has 4 nitrogen and oxygen atoms in total. The Morgan fingerprint density at radius 2 is 1.43 bits per heavy atom. The number of hydrogen-bond acceptors (Lipinski definition) is 3. The van der Waals surface area contributed by atoms with Crippen molar-refractivity contribution in [2.75, 3.05) is 0 Å². The lowest BCUT2D eigenvalue weighted by molar-refractivity contribution is -0.137. The van der Waals surface area contributed by atoms with Gasteiger partial charge in [0.15, 0.2) is 5.84 Å². The maximum Gasteiger partial charge on any atom is 0.416 e. The van der Waals surface area contributed by atoms with Crippen molar-refractivity contribution < 1.29 is 23.1 Å². The number of alkyl halides is 3. The first-order chi connectivity index (χ1) is 9.90. The van der Waals surface area contributed by atoms with Crippen molar-refractivity contribution in [1.29, 1.82) is 0 Å². The van der Waals surface area contributed by atoms with E-state index in [0.717, 1.165) is 12.1 Å². The molecule has 0 saturated carbocycles. The lowest BCUT2D eigenvalue weighted by Gasteiger charge is -2.09. The average Bonchev–Trinajstić information content (AvgIpc) is 2.47. The Morgan fingerprint density at radius 3 is 1.86 bits per heavy atom. The lowest BCUT2D eigenvalue weighted by atomic mass is 10.2. The molecule has 0 saturated heterocycles. The maximum absolute atomic E-state index is 12.4. The highest BCUT2D eigenvalue weighted by molar-refractivity contribution is 5.97. The summed E-state index contributed by atoms with van der Waals surface area (Å²) < 4.78 is 42.7. The summed E-state index contributed by atoms with van der Waals surface area (Å²) in [6.45, 7) is 0. The first-order valence-electron chi connectivity index (χ1n) is 5.83. The molecule has 110 valence electrons. The highest BCUT2D eigenvalue weighted by atomic mass is 19.4. The molecule has 0 fully saturated rings. The van der Waals surface area contributed by atoms with Gasteiger partial charge >= 0.3 is 6.18 Å². The fourth-order valence-corrected chi connectivity index (χ4v) is 1.60. The number of oxime groups is 1. The van der Waals surface area contributed by atoms with Crippen molar-refractivity contribution in [1.82, 2.24) is 0 Å². The van der Waals surface area contributed by atoms with Gasteiger partial charge in [0.25, 0.3) is 0 Å². The van der Waals surface area contributed by atoms with Crippen molar-refractivity contribution >= 4 is 5.84 Å². The quantitative estimate of drug-likeness (QED) is 0.393. The molecule has 2 aromatic carbocycles. The Morgan fingerprint density at radius 1 is 0.952 bits per heavy atom. The van der Waals surface area contributed by atoms with Crippen LogP contribution in [-0.4, -0.2) is 11.0 Å². The van der Waals surface area contributed by atoms with E-state index in [4.69, 9.17) is 15.7 Å². The average molecular weight is 296 g/mol. The number of hydrogen-bond donors (Lipinski definition) is 2. The Bertz CT molecular complexity index is 635. The number of amidine groups is 1. The monoisotopic (exact) mass is 296 g/mol. The fourth-order valence-electron chi connectivity index (χ4n) is 1.60. The van der Waals surface area contributed by atoms with Crippen molar-refractivity contribution in [3.8, 4) is 11.5 Å². The van der Waals surface area contributed by atoms with Crippen LogP contribution in [0.15, 0.2) is 53.7 Å². The molecule has 7 heteroatoms. The van der Waals surface area contributed by atoms with Crippen LogP contribution in [0.4, 0.5) is 13.2 Å². The van der Waals surface area contributed by atoms with Crippen molar-refractivity contribution in [3.05, 3.63) is 59.7 Å². The summed E-state index contributed by atoms with van der Waals surface area (Å²) in [5.74, 6) is 0.653. The van der Waals surface area contributed by atoms with Crippen LogP contribution in [0.5, 0.6) is 11.5 Å². The molecule has 3 N–H and O–H groups in total. The molecule has 0 amide bonds. The minimum Gasteiger partial charge on any atom is -0.457 e. The number of benzene rings is 2. The highest BCUT2D eigenvalue weighted by Gasteiger charge is 2.30. The Hall–Kier alpha value is -2.70. The van der Waals surface area contributed by atoms with E-state index in [2.05, 4.69) is 5.16 Å². The van der Waals surface area contributed by atoms with E-state index in [9.17, 15) is 13.2 Å². The second kappa shape index (κ2) is 5.74. The molecule has 0 unspecified atom stereocenters. The smallest absolute Gasteiger partial charge is 0.416 e. The number of nitrogens with two attached hydrogens (primary N) is 1. The molecule has 0 bridgehead atoms. The molecule has 0 spiro atoms. The van der Waals surface area contributed by atoms with E-state index in [1.54, 1.807) is 24.3 Å². The fraction of sp³-hybridized carbons (Fsp3) is 0.0714. The minimum atomic E-state index is -4.37. The van der Waals surface area contributed by atoms with Gasteiger partial charge in [0.05, 0.1) is 5.56 Å². The molecular weight excluding hydrogens is 285 g/mol. The van der Waals surface area contributed by atoms with Gasteiger partial charge in [0.1, 0.15) is 11.5 Å². The Kier molecular flexibility index (Phi) is 4.02. The van der Waals surface area contributed by atoms with Crippen LogP contribution in [0.25, 0.3) is 0 Å². The third-order valence-electron chi connectivity index (χ3n) is 2.68. The topological polar surface area (TPSA) is 67.8 Å². The summed E-state index contributed by atoms with van der Waals surface area (Å²) in [4.78, 5) is 0. The van der Waals surface area contributed by atoms with Gasteiger partial charge in [0, 0.05) is 5.56 Å². The predicted octanol–water partition coefficient (Wildman–Crippen LogP) is 3.59. The first kappa shape index (κ1) is 14.7. The van der Waals surface area contributed by atoms with Crippen LogP contribution in [0, 0.1) is 0 Å². The number of halogens is 3. The van der Waals surface area contributed by atoms with Gasteiger partial charge in [-0.1, -0.05) is 5.16 Å². The zero-order chi connectivity index (χ0) is 15.5. The second-order valence-corrected chi connectivity index (χ2v) is 4.13. The van der Waals surface area contributed by atoms with Gasteiger partial charge in [-0.25, -0.2) is 0 Å². The minimum absolute atomic E-state index is 0.0453. The summed E-state index contributed by atoms with van der Waals surface area (Å²) in [5, 5.41) is 11.4. The molecule has 0 heterocycles. The van der Waals surface area contributed by atoms with Gasteiger partial charge in [-0.3, -0.25) is 0 Å². The number of rotatable bonds is 3. The van der Waals surface area contributed by atoms with E-state index >= 15 is 0 Å². The van der Waals surface area contributed by atoms with E-state index in [1.807, 2.05) is 0 Å². The first-order valence-corrected chi connectivity index (χ1v) is 5.83. The van der Waals surface area contributed by atoms with E-state index in [-0.39, 0.29) is 11.6 Å². The van der Waals surface area contributed by atoms with E-state index in [1.165, 1.54) is 12.1 Å². The molecule has 0 aliphatic carbocycles. The Balaban J connectivity index is 2.11. The zero-order valence-corrected chi connectivity index (χ0v) is 10.6. The second-order valence-electron chi connectivity index (χ2n) is 4.13. The highest BCUT2D eigenvalue weighted by Crippen LogP contribution is 2.31. The van der Waals surface area contributed by atoms with E-state index < -0.39 is 11.7 Å². The van der Waals surface area contributed by atoms with Gasteiger partial charge < -0.3 is 15.7 Å². The predicted molar refractivity (Wildman–Crippen MR) is 70.5 cm³/mol. The van der Waals surface area contributed by atoms with Crippen molar-refractivity contribution in [3.63, 3.8) is 0 Å². The summed E-state index contributed by atoms with van der Waals surface area (Å²) >= 11 is 0. The lowest BCUT2D eigenvalue weighted by Crippen LogP contribution is -2.12. The molecule has 0 aromatic heterocycles. The molecule has 0 aliphatic heterocycles. The molecule has 21 heavy (non-hydrogen) atoms. The van der Waals surface area contributed by atoms with Crippen LogP contribution in [0.3, 0.4) is 0 Å². The normalized spacial score (nSPS) is 12.2. The zero-order valence-electron chi connectivity index (χ0n) is 10.6. The van der Waals surface area contributed by atoms with Crippen LogP contribution < -0.4 is 10.5 Å². The van der Waals surface area contributed by atoms with Crippen LogP contribution in [0.1, 0.15) is 11.1 Å². The third-order valence-corrected chi connectivity index (χ3v) is 2.68. The molecular formula is C14H11F3N2O2. The van der Waals surface area contributed by atoms with Gasteiger partial charge in [-0.15, -0.1) is 0 Å². The maximum atomic E-state index is 12.4. The standard InChI is InChI=1S/C14H11F3N2O2/c15-14(16,17)10-3-7-12(8-4-10)21-11-5-1-9(2-6-11)13(18)19-20/h1-8,20H,(H2,18,19). The summed E-state index contributed by atoms with van der Waals surface area (Å²) in [6, 6.07) is 10.6. The van der Waals surface area contributed by atoms with Gasteiger partial charge in [-0.2, -0.15) is 13.2 Å². The Labute approximate surface area is 118 Å². The largest absolute Gasteiger partial charge is 0.457 e. The SMILES string of the molecule is N/C(=N\O)c1ccc(Oc2ccc(C(F)(F)F)cc2)cc1. The molecule has 0 atom stereocenters.